The monoisotopic (exact) mass is 320 g/mol. The van der Waals surface area contributed by atoms with Crippen LogP contribution in [0.1, 0.15) is 58.3 Å². The van der Waals surface area contributed by atoms with Gasteiger partial charge in [0.25, 0.3) is 0 Å². The minimum atomic E-state index is -1.37. The molecule has 6 heteroatoms. The van der Waals surface area contributed by atoms with Crippen LogP contribution in [0, 0.1) is 0 Å². The minimum absolute atomic E-state index is 0.428. The molecule has 0 amide bonds. The number of rotatable bonds is 11. The van der Waals surface area contributed by atoms with E-state index < -0.39 is 37.3 Å². The van der Waals surface area contributed by atoms with Gasteiger partial charge in [0.15, 0.2) is 6.29 Å². The van der Waals surface area contributed by atoms with Gasteiger partial charge in [0.05, 0.1) is 6.61 Å². The molecule has 0 aromatic carbocycles. The second-order valence-electron chi connectivity index (χ2n) is 6.04. The average Bonchev–Trinajstić information content (AvgIpc) is 2.53. The predicted octanol–water partition coefficient (Wildman–Crippen LogP) is 0.944. The van der Waals surface area contributed by atoms with Crippen molar-refractivity contribution < 1.29 is 29.9 Å². The van der Waals surface area contributed by atoms with Crippen molar-refractivity contribution in [3.05, 3.63) is 0 Å². The minimum Gasteiger partial charge on any atom is -0.394 e. The van der Waals surface area contributed by atoms with E-state index in [1.54, 1.807) is 0 Å². The van der Waals surface area contributed by atoms with Gasteiger partial charge in [-0.05, 0) is 6.42 Å². The molecule has 1 aliphatic heterocycles. The highest BCUT2D eigenvalue weighted by molar-refractivity contribution is 4.88. The van der Waals surface area contributed by atoms with Crippen LogP contribution in [0.3, 0.4) is 0 Å². The maximum absolute atomic E-state index is 9.80. The van der Waals surface area contributed by atoms with Crippen molar-refractivity contribution in [3.8, 4) is 0 Å². The summed E-state index contributed by atoms with van der Waals surface area (Å²) in [6, 6.07) is 0. The Morgan fingerprint density at radius 2 is 1.41 bits per heavy atom. The van der Waals surface area contributed by atoms with Gasteiger partial charge in [-0.15, -0.1) is 0 Å². The summed E-state index contributed by atoms with van der Waals surface area (Å²) in [4.78, 5) is 0. The lowest BCUT2D eigenvalue weighted by Gasteiger charge is -2.39. The Labute approximate surface area is 133 Å². The summed E-state index contributed by atoms with van der Waals surface area (Å²) in [6.45, 7) is 2.20. The van der Waals surface area contributed by atoms with Crippen molar-refractivity contribution in [1.29, 1.82) is 0 Å². The largest absolute Gasteiger partial charge is 0.394 e. The Kier molecular flexibility index (Phi) is 10.2. The molecule has 0 radical (unpaired) electrons. The lowest BCUT2D eigenvalue weighted by molar-refractivity contribution is -0.301. The standard InChI is InChI=1S/C16H32O6/c1-2-3-4-5-6-7-8-9-10-21-16-15(20)14(19)13(18)12(11-17)22-16/h12-20H,2-11H2,1H3/t12-,13+,14+,15-,16?/m1/s1. The first-order chi connectivity index (χ1) is 10.6. The molecule has 1 saturated heterocycles. The van der Waals surface area contributed by atoms with Gasteiger partial charge in [0.2, 0.25) is 0 Å². The van der Waals surface area contributed by atoms with Crippen molar-refractivity contribution >= 4 is 0 Å². The molecular formula is C16H32O6. The smallest absolute Gasteiger partial charge is 0.186 e. The van der Waals surface area contributed by atoms with E-state index in [2.05, 4.69) is 6.92 Å². The van der Waals surface area contributed by atoms with Crippen LogP contribution >= 0.6 is 0 Å². The number of aliphatic hydroxyl groups excluding tert-OH is 4. The van der Waals surface area contributed by atoms with Crippen LogP contribution in [0.15, 0.2) is 0 Å². The van der Waals surface area contributed by atoms with Gasteiger partial charge in [0.1, 0.15) is 24.4 Å². The third kappa shape index (κ3) is 6.48. The van der Waals surface area contributed by atoms with Crippen molar-refractivity contribution in [3.63, 3.8) is 0 Å². The molecule has 4 N–H and O–H groups in total. The Morgan fingerprint density at radius 3 is 2.00 bits per heavy atom. The molecule has 5 atom stereocenters. The molecule has 0 aliphatic carbocycles. The van der Waals surface area contributed by atoms with Gasteiger partial charge in [-0.25, -0.2) is 0 Å². The molecular weight excluding hydrogens is 288 g/mol. The first kappa shape index (κ1) is 19.8. The summed E-state index contributed by atoms with van der Waals surface area (Å²) < 4.78 is 10.7. The maximum Gasteiger partial charge on any atom is 0.186 e. The molecule has 1 aliphatic rings. The molecule has 0 aromatic heterocycles. The van der Waals surface area contributed by atoms with Crippen LogP contribution < -0.4 is 0 Å². The second-order valence-corrected chi connectivity index (χ2v) is 6.04. The first-order valence-electron chi connectivity index (χ1n) is 8.54. The zero-order valence-corrected chi connectivity index (χ0v) is 13.6. The molecule has 1 rings (SSSR count). The number of aliphatic hydroxyl groups is 4. The van der Waals surface area contributed by atoms with E-state index in [1.165, 1.54) is 38.5 Å². The lowest BCUT2D eigenvalue weighted by Crippen LogP contribution is -2.59. The molecule has 0 aromatic rings. The zero-order chi connectivity index (χ0) is 16.4. The number of hydrogen-bond donors (Lipinski definition) is 4. The van der Waals surface area contributed by atoms with Crippen LogP contribution in [0.25, 0.3) is 0 Å². The van der Waals surface area contributed by atoms with E-state index in [0.29, 0.717) is 6.61 Å². The summed E-state index contributed by atoms with van der Waals surface area (Å²) in [5, 5.41) is 38.2. The van der Waals surface area contributed by atoms with Crippen LogP contribution in [0.4, 0.5) is 0 Å². The van der Waals surface area contributed by atoms with Crippen molar-refractivity contribution in [1.82, 2.24) is 0 Å². The molecule has 1 fully saturated rings. The highest BCUT2D eigenvalue weighted by atomic mass is 16.7. The Balaban J connectivity index is 2.11. The molecule has 0 spiro atoms. The van der Waals surface area contributed by atoms with Gasteiger partial charge in [-0.3, -0.25) is 0 Å². The van der Waals surface area contributed by atoms with Gasteiger partial charge < -0.3 is 29.9 Å². The summed E-state index contributed by atoms with van der Waals surface area (Å²) in [7, 11) is 0. The van der Waals surface area contributed by atoms with Crippen LogP contribution in [-0.2, 0) is 9.47 Å². The Hall–Kier alpha value is -0.240. The van der Waals surface area contributed by atoms with E-state index >= 15 is 0 Å². The summed E-state index contributed by atoms with van der Waals surface area (Å²) in [5.41, 5.74) is 0. The van der Waals surface area contributed by atoms with E-state index in [9.17, 15) is 15.3 Å². The lowest BCUT2D eigenvalue weighted by atomic mass is 9.99. The van der Waals surface area contributed by atoms with E-state index in [4.69, 9.17) is 14.6 Å². The number of hydrogen-bond acceptors (Lipinski definition) is 6. The highest BCUT2D eigenvalue weighted by Crippen LogP contribution is 2.22. The van der Waals surface area contributed by atoms with Gasteiger partial charge >= 0.3 is 0 Å². The molecule has 22 heavy (non-hydrogen) atoms. The summed E-state index contributed by atoms with van der Waals surface area (Å²) in [6.07, 6.45) is 3.58. The molecule has 1 unspecified atom stereocenters. The summed E-state index contributed by atoms with van der Waals surface area (Å²) >= 11 is 0. The quantitative estimate of drug-likeness (QED) is 0.423. The Morgan fingerprint density at radius 1 is 0.818 bits per heavy atom. The van der Waals surface area contributed by atoms with Crippen molar-refractivity contribution in [2.75, 3.05) is 13.2 Å². The third-order valence-corrected chi connectivity index (χ3v) is 4.13. The van der Waals surface area contributed by atoms with E-state index in [0.717, 1.165) is 12.8 Å². The number of unbranched alkanes of at least 4 members (excludes halogenated alkanes) is 7. The molecule has 1 heterocycles. The SMILES string of the molecule is CCCCCCCCCCOC1O[C@H](CO)[C@H](O)[C@H](O)[C@H]1O. The van der Waals surface area contributed by atoms with Gasteiger partial charge in [0, 0.05) is 6.61 Å². The molecule has 0 bridgehead atoms. The summed E-state index contributed by atoms with van der Waals surface area (Å²) in [5.74, 6) is 0. The highest BCUT2D eigenvalue weighted by Gasteiger charge is 2.43. The first-order valence-corrected chi connectivity index (χ1v) is 8.54. The van der Waals surface area contributed by atoms with Crippen molar-refractivity contribution in [2.45, 2.75) is 89.0 Å². The van der Waals surface area contributed by atoms with Gasteiger partial charge in [-0.1, -0.05) is 51.9 Å². The normalized spacial score (nSPS) is 32.3. The van der Waals surface area contributed by atoms with Gasteiger partial charge in [-0.2, -0.15) is 0 Å². The zero-order valence-electron chi connectivity index (χ0n) is 13.6. The second kappa shape index (κ2) is 11.3. The van der Waals surface area contributed by atoms with Crippen LogP contribution in [-0.4, -0.2) is 64.3 Å². The molecule has 6 nitrogen and oxygen atoms in total. The number of ether oxygens (including phenoxy) is 2. The molecule has 0 saturated carbocycles. The van der Waals surface area contributed by atoms with Crippen LogP contribution in [0.5, 0.6) is 0 Å². The van der Waals surface area contributed by atoms with Crippen molar-refractivity contribution in [2.24, 2.45) is 0 Å². The Bertz CT molecular complexity index is 273. The fourth-order valence-electron chi connectivity index (χ4n) is 2.64. The van der Waals surface area contributed by atoms with E-state index in [-0.39, 0.29) is 0 Å². The van der Waals surface area contributed by atoms with E-state index in [1.807, 2.05) is 0 Å². The maximum atomic E-state index is 9.80. The fraction of sp³-hybridized carbons (Fsp3) is 1.00. The third-order valence-electron chi connectivity index (χ3n) is 4.13. The molecule has 132 valence electrons. The van der Waals surface area contributed by atoms with Crippen LogP contribution in [0.2, 0.25) is 0 Å². The average molecular weight is 320 g/mol. The fourth-order valence-corrected chi connectivity index (χ4v) is 2.64. The predicted molar refractivity (Wildman–Crippen MR) is 82.3 cm³/mol. The topological polar surface area (TPSA) is 99.4 Å².